The van der Waals surface area contributed by atoms with Crippen molar-refractivity contribution in [2.45, 2.75) is 6.54 Å². The maximum atomic E-state index is 11.1. The molecule has 0 spiro atoms. The summed E-state index contributed by atoms with van der Waals surface area (Å²) in [6.07, 6.45) is 0. The molecule has 8 heteroatoms. The normalized spacial score (nSPS) is 17.3. The Balaban J connectivity index is 1.98. The van der Waals surface area contributed by atoms with E-state index < -0.39 is 0 Å². The van der Waals surface area contributed by atoms with Crippen molar-refractivity contribution in [2.24, 2.45) is 0 Å². The van der Waals surface area contributed by atoms with E-state index in [9.17, 15) is 9.59 Å². The molecule has 0 unspecified atom stereocenters. The summed E-state index contributed by atoms with van der Waals surface area (Å²) in [6, 6.07) is 0. The highest BCUT2D eigenvalue weighted by Crippen LogP contribution is 2.16. The third-order valence-corrected chi connectivity index (χ3v) is 2.98. The SMILES string of the molecule is CNc1nnc(CN2CC(=O)NC(=O)C2)s1. The van der Waals surface area contributed by atoms with Gasteiger partial charge in [0.05, 0.1) is 19.6 Å². The van der Waals surface area contributed by atoms with Crippen molar-refractivity contribution in [2.75, 3.05) is 25.5 Å². The van der Waals surface area contributed by atoms with E-state index in [1.807, 2.05) is 0 Å². The van der Waals surface area contributed by atoms with Crippen LogP contribution in [-0.4, -0.2) is 47.0 Å². The summed E-state index contributed by atoms with van der Waals surface area (Å²) in [7, 11) is 1.77. The molecular weight excluding hydrogens is 230 g/mol. The van der Waals surface area contributed by atoms with Gasteiger partial charge in [0.1, 0.15) is 5.01 Å². The van der Waals surface area contributed by atoms with Gasteiger partial charge in [-0.15, -0.1) is 10.2 Å². The number of carbonyl (C=O) groups excluding carboxylic acids is 2. The van der Waals surface area contributed by atoms with Crippen LogP contribution in [0.1, 0.15) is 5.01 Å². The number of carbonyl (C=O) groups is 2. The molecule has 1 fully saturated rings. The number of hydrogen-bond donors (Lipinski definition) is 2. The van der Waals surface area contributed by atoms with Gasteiger partial charge < -0.3 is 5.32 Å². The van der Waals surface area contributed by atoms with Gasteiger partial charge >= 0.3 is 0 Å². The Bertz CT molecular complexity index is 402. The number of nitrogens with zero attached hydrogens (tertiary/aromatic N) is 3. The highest BCUT2D eigenvalue weighted by Gasteiger charge is 2.23. The highest BCUT2D eigenvalue weighted by molar-refractivity contribution is 7.15. The Morgan fingerprint density at radius 2 is 2.06 bits per heavy atom. The van der Waals surface area contributed by atoms with Gasteiger partial charge in [-0.3, -0.25) is 19.8 Å². The van der Waals surface area contributed by atoms with Gasteiger partial charge in [0, 0.05) is 7.05 Å². The van der Waals surface area contributed by atoms with Gasteiger partial charge in [-0.1, -0.05) is 11.3 Å². The van der Waals surface area contributed by atoms with Crippen molar-refractivity contribution in [3.63, 3.8) is 0 Å². The fourth-order valence-corrected chi connectivity index (χ4v) is 2.15. The molecular formula is C8H11N5O2S. The number of hydrogen-bond acceptors (Lipinski definition) is 7. The summed E-state index contributed by atoms with van der Waals surface area (Å²) in [5, 5.41) is 14.5. The molecule has 1 aliphatic heterocycles. The van der Waals surface area contributed by atoms with E-state index in [2.05, 4.69) is 20.8 Å². The molecule has 1 aliphatic rings. The minimum absolute atomic E-state index is 0.222. The molecule has 0 aromatic carbocycles. The Labute approximate surface area is 95.8 Å². The Kier molecular flexibility index (Phi) is 3.11. The van der Waals surface area contributed by atoms with Crippen LogP contribution >= 0.6 is 11.3 Å². The average Bonchev–Trinajstić information content (AvgIpc) is 2.64. The van der Waals surface area contributed by atoms with Gasteiger partial charge in [-0.2, -0.15) is 0 Å². The van der Waals surface area contributed by atoms with Crippen molar-refractivity contribution in [3.8, 4) is 0 Å². The van der Waals surface area contributed by atoms with Crippen LogP contribution in [-0.2, 0) is 16.1 Å². The van der Waals surface area contributed by atoms with Crippen LogP contribution in [0.5, 0.6) is 0 Å². The van der Waals surface area contributed by atoms with E-state index in [4.69, 9.17) is 0 Å². The summed E-state index contributed by atoms with van der Waals surface area (Å²) < 4.78 is 0. The number of aromatic nitrogens is 2. The first-order valence-corrected chi connectivity index (χ1v) is 5.54. The molecule has 1 aromatic rings. The van der Waals surface area contributed by atoms with Crippen molar-refractivity contribution < 1.29 is 9.59 Å². The molecule has 0 aliphatic carbocycles. The molecule has 0 atom stereocenters. The largest absolute Gasteiger partial charge is 0.363 e. The lowest BCUT2D eigenvalue weighted by Gasteiger charge is -2.23. The van der Waals surface area contributed by atoms with Crippen LogP contribution in [0.2, 0.25) is 0 Å². The molecule has 1 aromatic heterocycles. The monoisotopic (exact) mass is 241 g/mol. The number of nitrogens with one attached hydrogen (secondary N) is 2. The summed E-state index contributed by atoms with van der Waals surface area (Å²) in [6.45, 7) is 0.916. The fourth-order valence-electron chi connectivity index (χ4n) is 1.42. The Hall–Kier alpha value is -1.54. The lowest BCUT2D eigenvalue weighted by Crippen LogP contribution is -2.50. The van der Waals surface area contributed by atoms with E-state index in [1.165, 1.54) is 11.3 Å². The molecule has 2 N–H and O–H groups in total. The highest BCUT2D eigenvalue weighted by atomic mass is 32.1. The fraction of sp³-hybridized carbons (Fsp3) is 0.500. The summed E-state index contributed by atoms with van der Waals surface area (Å²) in [4.78, 5) is 24.0. The van der Waals surface area contributed by atoms with Crippen LogP contribution in [0, 0.1) is 0 Å². The molecule has 16 heavy (non-hydrogen) atoms. The number of amides is 2. The second kappa shape index (κ2) is 4.54. The van der Waals surface area contributed by atoms with E-state index in [0.717, 1.165) is 10.1 Å². The average molecular weight is 241 g/mol. The summed E-state index contributed by atoms with van der Waals surface area (Å²) in [5.41, 5.74) is 0. The zero-order chi connectivity index (χ0) is 11.5. The summed E-state index contributed by atoms with van der Waals surface area (Å²) in [5.74, 6) is -0.538. The minimum Gasteiger partial charge on any atom is -0.363 e. The molecule has 2 amide bonds. The number of anilines is 1. The predicted molar refractivity (Wildman–Crippen MR) is 57.9 cm³/mol. The topological polar surface area (TPSA) is 87.2 Å². The molecule has 7 nitrogen and oxygen atoms in total. The quantitative estimate of drug-likeness (QED) is 0.663. The summed E-state index contributed by atoms with van der Waals surface area (Å²) >= 11 is 1.41. The van der Waals surface area contributed by atoms with Crippen LogP contribution in [0.15, 0.2) is 0 Å². The molecule has 1 saturated heterocycles. The molecule has 0 bridgehead atoms. The van der Waals surface area contributed by atoms with E-state index in [1.54, 1.807) is 11.9 Å². The number of piperazine rings is 1. The van der Waals surface area contributed by atoms with Gasteiger partial charge in [0.2, 0.25) is 16.9 Å². The first kappa shape index (κ1) is 11.0. The van der Waals surface area contributed by atoms with Crippen molar-refractivity contribution >= 4 is 28.3 Å². The van der Waals surface area contributed by atoms with Crippen LogP contribution in [0.3, 0.4) is 0 Å². The lowest BCUT2D eigenvalue weighted by molar-refractivity contribution is -0.136. The van der Waals surface area contributed by atoms with Crippen molar-refractivity contribution in [1.29, 1.82) is 0 Å². The third kappa shape index (κ3) is 2.52. The molecule has 2 rings (SSSR count). The van der Waals surface area contributed by atoms with Gasteiger partial charge in [-0.05, 0) is 0 Å². The van der Waals surface area contributed by atoms with Gasteiger partial charge in [0.25, 0.3) is 0 Å². The van der Waals surface area contributed by atoms with Crippen LogP contribution < -0.4 is 10.6 Å². The zero-order valence-electron chi connectivity index (χ0n) is 8.69. The second-order valence-corrected chi connectivity index (χ2v) is 4.43. The zero-order valence-corrected chi connectivity index (χ0v) is 9.50. The molecule has 0 radical (unpaired) electrons. The van der Waals surface area contributed by atoms with Crippen molar-refractivity contribution in [1.82, 2.24) is 20.4 Å². The Morgan fingerprint density at radius 1 is 1.38 bits per heavy atom. The van der Waals surface area contributed by atoms with Gasteiger partial charge in [-0.25, -0.2) is 0 Å². The van der Waals surface area contributed by atoms with E-state index in [-0.39, 0.29) is 24.9 Å². The van der Waals surface area contributed by atoms with E-state index in [0.29, 0.717) is 6.54 Å². The van der Waals surface area contributed by atoms with Gasteiger partial charge in [0.15, 0.2) is 0 Å². The smallest absolute Gasteiger partial charge is 0.240 e. The van der Waals surface area contributed by atoms with Crippen LogP contribution in [0.4, 0.5) is 5.13 Å². The minimum atomic E-state index is -0.269. The van der Waals surface area contributed by atoms with Crippen molar-refractivity contribution in [3.05, 3.63) is 5.01 Å². The number of rotatable bonds is 3. The molecule has 86 valence electrons. The predicted octanol–water partition coefficient (Wildman–Crippen LogP) is -0.962. The molecule has 2 heterocycles. The van der Waals surface area contributed by atoms with E-state index >= 15 is 0 Å². The molecule has 0 saturated carbocycles. The lowest BCUT2D eigenvalue weighted by atomic mass is 10.3. The number of imide groups is 1. The first-order chi connectivity index (χ1) is 7.67. The maximum Gasteiger partial charge on any atom is 0.240 e. The second-order valence-electron chi connectivity index (χ2n) is 3.37. The maximum absolute atomic E-state index is 11.1. The first-order valence-electron chi connectivity index (χ1n) is 4.72. The van der Waals surface area contributed by atoms with Crippen LogP contribution in [0.25, 0.3) is 0 Å². The third-order valence-electron chi connectivity index (χ3n) is 2.05. The standard InChI is InChI=1S/C8H11N5O2S/c1-9-8-12-11-7(16-8)4-13-2-5(14)10-6(15)3-13/h2-4H2,1H3,(H,9,12)(H,10,14,15). The Morgan fingerprint density at radius 3 is 2.62 bits per heavy atom.